The summed E-state index contributed by atoms with van der Waals surface area (Å²) >= 11 is 0.330. The zero-order chi connectivity index (χ0) is 22.5. The molecule has 2 aromatic carbocycles. The summed E-state index contributed by atoms with van der Waals surface area (Å²) in [5.41, 5.74) is 1.94. The van der Waals surface area contributed by atoms with Gasteiger partial charge in [0.1, 0.15) is 6.54 Å². The topological polar surface area (TPSA) is 79.3 Å². The summed E-state index contributed by atoms with van der Waals surface area (Å²) in [6.45, 7) is 0.943. The number of hydrogen-bond donors (Lipinski definition) is 2. The Morgan fingerprint density at radius 1 is 1.06 bits per heavy atom. The van der Waals surface area contributed by atoms with E-state index in [0.29, 0.717) is 48.7 Å². The first-order valence-electron chi connectivity index (χ1n) is 10.3. The Morgan fingerprint density at radius 2 is 1.75 bits per heavy atom. The third kappa shape index (κ3) is 5.37. The van der Waals surface area contributed by atoms with Crippen LogP contribution in [0.3, 0.4) is 0 Å². The van der Waals surface area contributed by atoms with Crippen molar-refractivity contribution >= 4 is 40.4 Å². The molecule has 168 valence electrons. The molecule has 32 heavy (non-hydrogen) atoms. The van der Waals surface area contributed by atoms with E-state index in [1.165, 1.54) is 4.57 Å². The minimum Gasteiger partial charge on any atom is -0.352 e. The molecule has 0 saturated carbocycles. The van der Waals surface area contributed by atoms with Crippen LogP contribution in [0, 0.1) is 0 Å². The lowest BCUT2D eigenvalue weighted by Crippen LogP contribution is -2.48. The SMILES string of the molecule is O=C(Cn1c(SC(F)F)nc2ccccc21)NC1CCN(C(=O)Nc2ccccc2)CC1. The number of fused-ring (bicyclic) bond motifs is 1. The molecule has 1 aliphatic rings. The lowest BCUT2D eigenvalue weighted by Gasteiger charge is -2.32. The third-order valence-electron chi connectivity index (χ3n) is 5.29. The van der Waals surface area contributed by atoms with Gasteiger partial charge in [0, 0.05) is 24.8 Å². The number of hydrogen-bond acceptors (Lipinski definition) is 4. The van der Waals surface area contributed by atoms with Gasteiger partial charge in [-0.15, -0.1) is 0 Å². The maximum Gasteiger partial charge on any atom is 0.321 e. The van der Waals surface area contributed by atoms with Crippen LogP contribution in [0.25, 0.3) is 11.0 Å². The smallest absolute Gasteiger partial charge is 0.321 e. The highest BCUT2D eigenvalue weighted by Gasteiger charge is 2.25. The van der Waals surface area contributed by atoms with E-state index in [9.17, 15) is 18.4 Å². The molecule has 0 bridgehead atoms. The molecule has 3 amide bonds. The molecular formula is C22H23F2N5O2S. The molecule has 1 aliphatic heterocycles. The molecule has 2 N–H and O–H groups in total. The number of para-hydroxylation sites is 3. The minimum absolute atomic E-state index is 0.0794. The summed E-state index contributed by atoms with van der Waals surface area (Å²) < 4.78 is 27.4. The fourth-order valence-electron chi connectivity index (χ4n) is 3.74. The third-order valence-corrected chi connectivity index (χ3v) is 5.99. The van der Waals surface area contributed by atoms with Crippen molar-refractivity contribution in [2.24, 2.45) is 0 Å². The normalized spacial score (nSPS) is 14.7. The number of piperidine rings is 1. The number of likely N-dealkylation sites (tertiary alicyclic amines) is 1. The van der Waals surface area contributed by atoms with Gasteiger partial charge in [-0.25, -0.2) is 9.78 Å². The molecule has 0 aliphatic carbocycles. The van der Waals surface area contributed by atoms with Crippen LogP contribution in [-0.2, 0) is 11.3 Å². The number of anilines is 1. The molecule has 1 fully saturated rings. The highest BCUT2D eigenvalue weighted by atomic mass is 32.2. The molecule has 4 rings (SSSR count). The highest BCUT2D eigenvalue weighted by molar-refractivity contribution is 7.99. The van der Waals surface area contributed by atoms with Gasteiger partial charge in [-0.3, -0.25) is 4.79 Å². The van der Waals surface area contributed by atoms with Crippen molar-refractivity contribution in [2.75, 3.05) is 18.4 Å². The summed E-state index contributed by atoms with van der Waals surface area (Å²) in [4.78, 5) is 31.0. The number of carbonyl (C=O) groups is 2. The van der Waals surface area contributed by atoms with Crippen molar-refractivity contribution < 1.29 is 18.4 Å². The van der Waals surface area contributed by atoms with E-state index in [-0.39, 0.29) is 29.7 Å². The number of rotatable bonds is 6. The molecular weight excluding hydrogens is 436 g/mol. The number of benzene rings is 2. The van der Waals surface area contributed by atoms with Crippen LogP contribution < -0.4 is 10.6 Å². The maximum atomic E-state index is 13.0. The molecule has 2 heterocycles. The summed E-state index contributed by atoms with van der Waals surface area (Å²) in [5.74, 6) is -2.89. The monoisotopic (exact) mass is 459 g/mol. The van der Waals surface area contributed by atoms with Crippen LogP contribution in [0.15, 0.2) is 59.8 Å². The summed E-state index contributed by atoms with van der Waals surface area (Å²) in [6, 6.07) is 16.0. The van der Waals surface area contributed by atoms with Crippen LogP contribution in [0.5, 0.6) is 0 Å². The van der Waals surface area contributed by atoms with E-state index in [1.54, 1.807) is 29.2 Å². The van der Waals surface area contributed by atoms with Gasteiger partial charge >= 0.3 is 6.03 Å². The molecule has 0 atom stereocenters. The summed E-state index contributed by atoms with van der Waals surface area (Å²) in [6.07, 6.45) is 1.24. The standard InChI is InChI=1S/C22H23F2N5O2S/c23-20(24)32-22-27-17-8-4-5-9-18(17)29(22)14-19(30)25-16-10-12-28(13-11-16)21(31)26-15-6-2-1-3-7-15/h1-9,16,20H,10-14H2,(H,25,30)(H,26,31). The van der Waals surface area contributed by atoms with Crippen LogP contribution in [0.2, 0.25) is 0 Å². The predicted molar refractivity (Wildman–Crippen MR) is 120 cm³/mol. The molecule has 3 aromatic rings. The molecule has 1 aromatic heterocycles. The van der Waals surface area contributed by atoms with Crippen molar-refractivity contribution in [1.29, 1.82) is 0 Å². The summed E-state index contributed by atoms with van der Waals surface area (Å²) in [5, 5.41) is 5.94. The highest BCUT2D eigenvalue weighted by Crippen LogP contribution is 2.28. The zero-order valence-corrected chi connectivity index (χ0v) is 18.0. The van der Waals surface area contributed by atoms with Gasteiger partial charge in [0.05, 0.1) is 11.0 Å². The van der Waals surface area contributed by atoms with Gasteiger partial charge < -0.3 is 20.1 Å². The Bertz CT molecular complexity index is 1080. The van der Waals surface area contributed by atoms with Gasteiger partial charge in [-0.1, -0.05) is 30.3 Å². The number of aromatic nitrogens is 2. The van der Waals surface area contributed by atoms with Crippen molar-refractivity contribution in [3.63, 3.8) is 0 Å². The second-order valence-corrected chi connectivity index (χ2v) is 8.43. The van der Waals surface area contributed by atoms with Crippen molar-refractivity contribution in [1.82, 2.24) is 19.8 Å². The lowest BCUT2D eigenvalue weighted by atomic mass is 10.1. The van der Waals surface area contributed by atoms with E-state index in [1.807, 2.05) is 30.3 Å². The number of alkyl halides is 2. The van der Waals surface area contributed by atoms with E-state index in [4.69, 9.17) is 0 Å². The number of thioether (sulfide) groups is 1. The first-order valence-corrected chi connectivity index (χ1v) is 11.2. The van der Waals surface area contributed by atoms with E-state index in [0.717, 1.165) is 5.69 Å². The quantitative estimate of drug-likeness (QED) is 0.543. The van der Waals surface area contributed by atoms with Crippen molar-refractivity contribution in [3.05, 3.63) is 54.6 Å². The first-order chi connectivity index (χ1) is 15.5. The Balaban J connectivity index is 1.32. The molecule has 0 spiro atoms. The molecule has 0 radical (unpaired) electrons. The first kappa shape index (κ1) is 22.1. The van der Waals surface area contributed by atoms with Gasteiger partial charge in [0.2, 0.25) is 5.91 Å². The molecule has 1 saturated heterocycles. The van der Waals surface area contributed by atoms with Gasteiger partial charge in [-0.2, -0.15) is 8.78 Å². The largest absolute Gasteiger partial charge is 0.352 e. The summed E-state index contributed by atoms with van der Waals surface area (Å²) in [7, 11) is 0. The van der Waals surface area contributed by atoms with Gasteiger partial charge in [-0.05, 0) is 48.9 Å². The van der Waals surface area contributed by atoms with Crippen LogP contribution in [-0.4, -0.2) is 51.3 Å². The maximum absolute atomic E-state index is 13.0. The number of imidazole rings is 1. The second-order valence-electron chi connectivity index (χ2n) is 7.47. The number of amides is 3. The van der Waals surface area contributed by atoms with E-state index >= 15 is 0 Å². The fraction of sp³-hybridized carbons (Fsp3) is 0.318. The number of nitrogens with one attached hydrogen (secondary N) is 2. The van der Waals surface area contributed by atoms with Crippen LogP contribution in [0.4, 0.5) is 19.3 Å². The van der Waals surface area contributed by atoms with Gasteiger partial charge in [0.15, 0.2) is 5.16 Å². The van der Waals surface area contributed by atoms with E-state index in [2.05, 4.69) is 15.6 Å². The Kier molecular flexibility index (Phi) is 6.89. The Hall–Kier alpha value is -3.14. The number of carbonyl (C=O) groups excluding carboxylic acids is 2. The van der Waals surface area contributed by atoms with Gasteiger partial charge in [0.25, 0.3) is 5.76 Å². The molecule has 0 unspecified atom stereocenters. The van der Waals surface area contributed by atoms with Crippen LogP contribution in [0.1, 0.15) is 12.8 Å². The lowest BCUT2D eigenvalue weighted by molar-refractivity contribution is -0.122. The molecule has 7 nitrogen and oxygen atoms in total. The number of nitrogens with zero attached hydrogens (tertiary/aromatic N) is 3. The number of halogens is 2. The predicted octanol–water partition coefficient (Wildman–Crippen LogP) is 4.16. The van der Waals surface area contributed by atoms with E-state index < -0.39 is 5.76 Å². The average Bonchev–Trinajstić information content (AvgIpc) is 3.11. The molecule has 10 heteroatoms. The van der Waals surface area contributed by atoms with Crippen LogP contribution >= 0.6 is 11.8 Å². The average molecular weight is 460 g/mol. The Morgan fingerprint density at radius 3 is 2.47 bits per heavy atom. The second kappa shape index (κ2) is 9.99. The van der Waals surface area contributed by atoms with Crippen molar-refractivity contribution in [2.45, 2.75) is 36.3 Å². The zero-order valence-electron chi connectivity index (χ0n) is 17.2. The fourth-order valence-corrected chi connectivity index (χ4v) is 4.34. The number of urea groups is 1. The minimum atomic E-state index is -2.63. The Labute approximate surface area is 188 Å². The van der Waals surface area contributed by atoms with Crippen molar-refractivity contribution in [3.8, 4) is 0 Å².